The van der Waals surface area contributed by atoms with Crippen LogP contribution >= 0.6 is 0 Å². The summed E-state index contributed by atoms with van der Waals surface area (Å²) >= 11 is 0. The van der Waals surface area contributed by atoms with E-state index in [-0.39, 0.29) is 72.0 Å². The molecule has 0 aliphatic heterocycles. The van der Waals surface area contributed by atoms with E-state index in [2.05, 4.69) is 0 Å². The normalized spacial score (nSPS) is 9.38. The van der Waals surface area contributed by atoms with Gasteiger partial charge in [0, 0.05) is 5.41 Å². The fraction of sp³-hybridized carbons (Fsp3) is 0.714. The molecular formula is C7H10Na2O4. The van der Waals surface area contributed by atoms with Gasteiger partial charge >= 0.3 is 59.1 Å². The Hall–Kier alpha value is 0.940. The molecule has 0 aromatic heterocycles. The van der Waals surface area contributed by atoms with Gasteiger partial charge in [-0.1, -0.05) is 13.8 Å². The number of carbonyl (C=O) groups excluding carboxylic acids is 2. The van der Waals surface area contributed by atoms with E-state index in [1.165, 1.54) is 13.8 Å². The topological polar surface area (TPSA) is 80.3 Å². The fourth-order valence-electron chi connectivity index (χ4n) is 0.911. The third-order valence-electron chi connectivity index (χ3n) is 1.99. The first-order valence-corrected chi connectivity index (χ1v) is 3.44. The zero-order valence-corrected chi connectivity index (χ0v) is 12.5. The van der Waals surface area contributed by atoms with Crippen molar-refractivity contribution < 1.29 is 78.9 Å². The van der Waals surface area contributed by atoms with Gasteiger partial charge in [-0.15, -0.1) is 0 Å². The number of carboxylic acid groups (broad SMARTS) is 2. The molecule has 0 N–H and O–H groups in total. The number of aliphatic carboxylic acids is 2. The monoisotopic (exact) mass is 204 g/mol. The molecule has 0 saturated heterocycles. The van der Waals surface area contributed by atoms with Crippen LogP contribution in [0.15, 0.2) is 0 Å². The van der Waals surface area contributed by atoms with Crippen molar-refractivity contribution in [3.8, 4) is 0 Å². The minimum Gasteiger partial charge on any atom is -0.549 e. The van der Waals surface area contributed by atoms with Crippen LogP contribution in [-0.2, 0) is 9.59 Å². The van der Waals surface area contributed by atoms with Crippen molar-refractivity contribution in [2.24, 2.45) is 5.41 Å². The Morgan fingerprint density at radius 2 is 1.23 bits per heavy atom. The second-order valence-corrected chi connectivity index (χ2v) is 2.36. The van der Waals surface area contributed by atoms with Crippen LogP contribution in [0.4, 0.5) is 0 Å². The van der Waals surface area contributed by atoms with Gasteiger partial charge in [0.15, 0.2) is 0 Å². The molecule has 0 aromatic rings. The summed E-state index contributed by atoms with van der Waals surface area (Å²) < 4.78 is 0. The van der Waals surface area contributed by atoms with Gasteiger partial charge in [0.2, 0.25) is 0 Å². The average Bonchev–Trinajstić information content (AvgIpc) is 1.90. The van der Waals surface area contributed by atoms with Crippen LogP contribution in [0.5, 0.6) is 0 Å². The summed E-state index contributed by atoms with van der Waals surface area (Å²) in [5.74, 6) is -3.13. The molecule has 0 spiro atoms. The summed E-state index contributed by atoms with van der Waals surface area (Å²) in [6.45, 7) is 2.96. The summed E-state index contributed by atoms with van der Waals surface area (Å²) in [4.78, 5) is 20.8. The van der Waals surface area contributed by atoms with Crippen molar-refractivity contribution in [1.82, 2.24) is 0 Å². The van der Waals surface area contributed by atoms with E-state index in [0.29, 0.717) is 0 Å². The summed E-state index contributed by atoms with van der Waals surface area (Å²) in [7, 11) is 0. The molecule has 4 nitrogen and oxygen atoms in total. The van der Waals surface area contributed by atoms with Gasteiger partial charge < -0.3 is 19.8 Å². The average molecular weight is 204 g/mol. The second kappa shape index (κ2) is 8.26. The van der Waals surface area contributed by atoms with E-state index in [9.17, 15) is 19.8 Å². The standard InChI is InChI=1S/C7H12O4.2Na/c1-3-7(4-2,5(8)9)6(10)11;;/h3-4H2,1-2H3,(H,8,9)(H,10,11);;/q;2*+1/p-2. The quantitative estimate of drug-likeness (QED) is 0.336. The molecule has 0 aromatic carbocycles. The predicted octanol–water partition coefficient (Wildman–Crippen LogP) is -7.70. The molecule has 0 rings (SSSR count). The second-order valence-electron chi connectivity index (χ2n) is 2.36. The van der Waals surface area contributed by atoms with E-state index in [1.807, 2.05) is 0 Å². The Balaban J connectivity index is -0.000000500. The first kappa shape index (κ1) is 19.5. The van der Waals surface area contributed by atoms with E-state index in [1.54, 1.807) is 0 Å². The molecule has 0 fully saturated rings. The van der Waals surface area contributed by atoms with Crippen LogP contribution in [0.3, 0.4) is 0 Å². The molecule has 0 unspecified atom stereocenters. The van der Waals surface area contributed by atoms with Crippen molar-refractivity contribution in [2.75, 3.05) is 0 Å². The van der Waals surface area contributed by atoms with Crippen LogP contribution in [-0.4, -0.2) is 11.9 Å². The molecule has 0 saturated carbocycles. The van der Waals surface area contributed by atoms with E-state index in [4.69, 9.17) is 0 Å². The Kier molecular flexibility index (Phi) is 12.4. The predicted molar refractivity (Wildman–Crippen MR) is 33.0 cm³/mol. The van der Waals surface area contributed by atoms with E-state index in [0.717, 1.165) is 0 Å². The van der Waals surface area contributed by atoms with E-state index < -0.39 is 17.4 Å². The number of hydrogen-bond donors (Lipinski definition) is 0. The summed E-state index contributed by atoms with van der Waals surface area (Å²) in [5, 5.41) is 20.8. The number of carbonyl (C=O) groups is 2. The van der Waals surface area contributed by atoms with Crippen molar-refractivity contribution >= 4 is 11.9 Å². The minimum atomic E-state index is -1.81. The van der Waals surface area contributed by atoms with Crippen LogP contribution in [0.25, 0.3) is 0 Å². The van der Waals surface area contributed by atoms with Gasteiger partial charge in [-0.05, 0) is 12.8 Å². The van der Waals surface area contributed by atoms with Gasteiger partial charge in [-0.2, -0.15) is 0 Å². The summed E-state index contributed by atoms with van der Waals surface area (Å²) in [5.41, 5.74) is -1.81. The fourth-order valence-corrected chi connectivity index (χ4v) is 0.911. The maximum absolute atomic E-state index is 10.4. The van der Waals surface area contributed by atoms with Crippen LogP contribution in [0, 0.1) is 5.41 Å². The molecule has 0 heterocycles. The Morgan fingerprint density at radius 3 is 1.23 bits per heavy atom. The van der Waals surface area contributed by atoms with Crippen LogP contribution in [0.1, 0.15) is 26.7 Å². The Labute approximate surface area is 122 Å². The molecule has 0 aliphatic rings. The van der Waals surface area contributed by atoms with Gasteiger partial charge in [-0.25, -0.2) is 0 Å². The Bertz CT molecular complexity index is 161. The van der Waals surface area contributed by atoms with Crippen molar-refractivity contribution in [3.05, 3.63) is 0 Å². The van der Waals surface area contributed by atoms with Crippen molar-refractivity contribution in [2.45, 2.75) is 26.7 Å². The molecule has 6 heteroatoms. The smallest absolute Gasteiger partial charge is 0.549 e. The van der Waals surface area contributed by atoms with Gasteiger partial charge in [0.05, 0.1) is 11.9 Å². The minimum absolute atomic E-state index is 0. The van der Waals surface area contributed by atoms with Gasteiger partial charge in [0.1, 0.15) is 0 Å². The molecule has 0 aliphatic carbocycles. The SMILES string of the molecule is CCC(CC)(C(=O)[O-])C(=O)[O-].[Na+].[Na+]. The Morgan fingerprint density at radius 1 is 1.00 bits per heavy atom. The number of rotatable bonds is 4. The molecule has 13 heavy (non-hydrogen) atoms. The molecular weight excluding hydrogens is 194 g/mol. The summed E-state index contributed by atoms with van der Waals surface area (Å²) in [6.07, 6.45) is -0.0116. The number of hydrogen-bond acceptors (Lipinski definition) is 4. The van der Waals surface area contributed by atoms with E-state index >= 15 is 0 Å². The van der Waals surface area contributed by atoms with Crippen molar-refractivity contribution in [3.63, 3.8) is 0 Å². The zero-order valence-electron chi connectivity index (χ0n) is 8.55. The van der Waals surface area contributed by atoms with Crippen LogP contribution < -0.4 is 69.3 Å². The first-order valence-electron chi connectivity index (χ1n) is 3.44. The molecule has 64 valence electrons. The molecule has 0 amide bonds. The van der Waals surface area contributed by atoms with Gasteiger partial charge in [-0.3, -0.25) is 0 Å². The largest absolute Gasteiger partial charge is 1.00 e. The molecule has 0 atom stereocenters. The zero-order chi connectivity index (χ0) is 9.07. The third kappa shape index (κ3) is 4.32. The first-order chi connectivity index (χ1) is 5.01. The van der Waals surface area contributed by atoms with Crippen molar-refractivity contribution in [1.29, 1.82) is 0 Å². The van der Waals surface area contributed by atoms with Crippen LogP contribution in [0.2, 0.25) is 0 Å². The van der Waals surface area contributed by atoms with Gasteiger partial charge in [0.25, 0.3) is 0 Å². The maximum atomic E-state index is 10.4. The molecule has 0 radical (unpaired) electrons. The maximum Gasteiger partial charge on any atom is 1.00 e. The third-order valence-corrected chi connectivity index (χ3v) is 1.99. The summed E-state index contributed by atoms with van der Waals surface area (Å²) in [6, 6.07) is 0. The number of carboxylic acids is 2. The molecule has 0 bridgehead atoms.